The Labute approximate surface area is 189 Å². The van der Waals surface area contributed by atoms with Crippen molar-refractivity contribution in [2.75, 3.05) is 18.0 Å². The molecule has 182 valence electrons. The number of nitrogens with zero attached hydrogens (tertiary/aromatic N) is 2. The van der Waals surface area contributed by atoms with Crippen LogP contribution in [-0.2, 0) is 21.0 Å². The Morgan fingerprint density at radius 2 is 1.65 bits per heavy atom. The Morgan fingerprint density at radius 1 is 1.00 bits per heavy atom. The van der Waals surface area contributed by atoms with E-state index in [9.17, 15) is 39.6 Å². The second-order valence-corrected chi connectivity index (χ2v) is 9.62. The molecule has 1 saturated heterocycles. The fourth-order valence-corrected chi connectivity index (χ4v) is 4.30. The number of aryl methyl sites for hydroxylation is 1. The zero-order valence-electron chi connectivity index (χ0n) is 17.4. The van der Waals surface area contributed by atoms with E-state index < -0.39 is 39.1 Å². The number of nitrogens with one attached hydrogen (secondary N) is 1. The molecule has 1 aliphatic rings. The third kappa shape index (κ3) is 4.31. The number of amides is 1. The number of hydrogen-bond donors (Lipinski definition) is 1. The number of aromatic nitrogens is 1. The average molecular weight is 505 g/mol. The molecule has 1 N–H and O–H groups in total. The number of anilines is 1. The molecule has 0 radical (unpaired) electrons. The van der Waals surface area contributed by atoms with E-state index in [4.69, 9.17) is 0 Å². The van der Waals surface area contributed by atoms with Crippen molar-refractivity contribution in [3.8, 4) is 5.69 Å². The van der Waals surface area contributed by atoms with Crippen molar-refractivity contribution in [1.82, 2.24) is 9.29 Å². The van der Waals surface area contributed by atoms with Gasteiger partial charge in [-0.05, 0) is 48.9 Å². The Bertz CT molecular complexity index is 1370. The van der Waals surface area contributed by atoms with Gasteiger partial charge in [-0.15, -0.1) is 0 Å². The molecule has 1 aliphatic heterocycles. The second kappa shape index (κ2) is 7.93. The number of benzene rings is 2. The summed E-state index contributed by atoms with van der Waals surface area (Å²) in [6, 6.07) is 10.3. The predicted molar refractivity (Wildman–Crippen MR) is 112 cm³/mol. The molecule has 1 fully saturated rings. The lowest BCUT2D eigenvalue weighted by atomic mass is 9.98. The number of fused-ring (bicyclic) bond motifs is 1. The van der Waals surface area contributed by atoms with Gasteiger partial charge in [0.15, 0.2) is 0 Å². The minimum absolute atomic E-state index is 0.00304. The van der Waals surface area contributed by atoms with Gasteiger partial charge in [-0.1, -0.05) is 6.07 Å². The van der Waals surface area contributed by atoms with Crippen LogP contribution in [0.5, 0.6) is 0 Å². The molecular weight excluding hydrogens is 488 g/mol. The van der Waals surface area contributed by atoms with Crippen molar-refractivity contribution >= 4 is 32.5 Å². The molecule has 3 aromatic rings. The SMILES string of the molecule is Cc1cn(-c2cccc(N3CC(C(=O)NS(=O)(=O)C(F)(F)F)C3)c2)c2ccc(C(F)(F)F)cc12. The first-order chi connectivity index (χ1) is 15.7. The predicted octanol–water partition coefficient (Wildman–Crippen LogP) is 4.36. The summed E-state index contributed by atoms with van der Waals surface area (Å²) in [7, 11) is -5.77. The highest BCUT2D eigenvalue weighted by atomic mass is 32.2. The molecule has 4 rings (SSSR count). The van der Waals surface area contributed by atoms with E-state index in [-0.39, 0.29) is 13.1 Å². The highest BCUT2D eigenvalue weighted by molar-refractivity contribution is 7.90. The van der Waals surface area contributed by atoms with Crippen molar-refractivity contribution in [2.24, 2.45) is 5.92 Å². The normalized spacial score (nSPS) is 15.4. The monoisotopic (exact) mass is 505 g/mol. The lowest BCUT2D eigenvalue weighted by Crippen LogP contribution is -2.55. The third-order valence-electron chi connectivity index (χ3n) is 5.60. The molecule has 1 aromatic heterocycles. The van der Waals surface area contributed by atoms with Crippen molar-refractivity contribution < 1.29 is 39.6 Å². The van der Waals surface area contributed by atoms with Gasteiger partial charge in [0.1, 0.15) is 0 Å². The summed E-state index contributed by atoms with van der Waals surface area (Å²) in [5, 5.41) is 0.437. The van der Waals surface area contributed by atoms with Gasteiger partial charge in [0.05, 0.1) is 17.0 Å². The molecule has 0 aliphatic carbocycles. The summed E-state index contributed by atoms with van der Waals surface area (Å²) < 4.78 is 102. The maximum absolute atomic E-state index is 13.1. The molecule has 0 saturated carbocycles. The fourth-order valence-electron chi connectivity index (χ4n) is 3.75. The van der Waals surface area contributed by atoms with E-state index in [1.807, 2.05) is 0 Å². The van der Waals surface area contributed by atoms with Crippen molar-refractivity contribution in [3.05, 3.63) is 59.8 Å². The van der Waals surface area contributed by atoms with Crippen molar-refractivity contribution in [3.63, 3.8) is 0 Å². The second-order valence-electron chi connectivity index (χ2n) is 7.95. The summed E-state index contributed by atoms with van der Waals surface area (Å²) in [6.45, 7) is 1.70. The van der Waals surface area contributed by atoms with Crippen LogP contribution in [0, 0.1) is 12.8 Å². The number of rotatable bonds is 4. The van der Waals surface area contributed by atoms with Crippen molar-refractivity contribution in [1.29, 1.82) is 0 Å². The van der Waals surface area contributed by atoms with Gasteiger partial charge in [0, 0.05) is 36.0 Å². The van der Waals surface area contributed by atoms with E-state index in [0.29, 0.717) is 27.8 Å². The number of alkyl halides is 6. The zero-order chi connectivity index (χ0) is 25.1. The summed E-state index contributed by atoms with van der Waals surface area (Å²) in [5.41, 5.74) is -3.90. The summed E-state index contributed by atoms with van der Waals surface area (Å²) in [6.07, 6.45) is -2.78. The molecule has 6 nitrogen and oxygen atoms in total. The Hall–Kier alpha value is -3.22. The fraction of sp³-hybridized carbons (Fsp3) is 0.286. The standard InChI is InChI=1S/C21H17F6N3O3S/c1-12-9-30(18-6-5-14(7-17(12)18)20(22,23)24)16-4-2-3-15(8-16)29-10-13(11-29)19(31)28-34(32,33)21(25,26)27/h2-9,13H,10-11H2,1H3,(H,28,31). The van der Waals surface area contributed by atoms with Crippen LogP contribution in [0.25, 0.3) is 16.6 Å². The van der Waals surface area contributed by atoms with Crippen LogP contribution in [0.1, 0.15) is 11.1 Å². The molecule has 0 spiro atoms. The zero-order valence-corrected chi connectivity index (χ0v) is 18.2. The minimum Gasteiger partial charge on any atom is -0.370 e. The van der Waals surface area contributed by atoms with Crippen LogP contribution in [0.4, 0.5) is 32.0 Å². The number of hydrogen-bond acceptors (Lipinski definition) is 4. The Balaban J connectivity index is 1.53. The lowest BCUT2D eigenvalue weighted by molar-refractivity contribution is -0.137. The summed E-state index contributed by atoms with van der Waals surface area (Å²) in [5.74, 6) is -2.19. The van der Waals surface area contributed by atoms with Crippen LogP contribution < -0.4 is 9.62 Å². The van der Waals surface area contributed by atoms with Crippen LogP contribution in [0.15, 0.2) is 48.7 Å². The van der Waals surface area contributed by atoms with Gasteiger partial charge in [-0.2, -0.15) is 34.8 Å². The van der Waals surface area contributed by atoms with Gasteiger partial charge in [-0.3, -0.25) is 4.79 Å². The highest BCUT2D eigenvalue weighted by Crippen LogP contribution is 2.35. The third-order valence-corrected chi connectivity index (χ3v) is 6.68. The molecule has 13 heteroatoms. The average Bonchev–Trinajstić information content (AvgIpc) is 3.01. The first kappa shape index (κ1) is 23.9. The molecule has 0 bridgehead atoms. The van der Waals surface area contributed by atoms with Crippen LogP contribution in [0.2, 0.25) is 0 Å². The quantitative estimate of drug-likeness (QED) is 0.535. The van der Waals surface area contributed by atoms with E-state index in [1.54, 1.807) is 46.9 Å². The number of carbonyl (C=O) groups is 1. The number of halogens is 6. The highest BCUT2D eigenvalue weighted by Gasteiger charge is 2.48. The van der Waals surface area contributed by atoms with Gasteiger partial charge >= 0.3 is 21.7 Å². The van der Waals surface area contributed by atoms with Gasteiger partial charge in [0.2, 0.25) is 5.91 Å². The molecule has 0 unspecified atom stereocenters. The molecule has 2 heterocycles. The first-order valence-electron chi connectivity index (χ1n) is 9.84. The van der Waals surface area contributed by atoms with Gasteiger partial charge in [0.25, 0.3) is 0 Å². The molecule has 0 atom stereocenters. The Kier molecular flexibility index (Phi) is 5.58. The van der Waals surface area contributed by atoms with Gasteiger partial charge < -0.3 is 9.47 Å². The summed E-state index contributed by atoms with van der Waals surface area (Å²) >= 11 is 0. The maximum Gasteiger partial charge on any atom is 0.516 e. The van der Waals surface area contributed by atoms with Crippen molar-refractivity contribution in [2.45, 2.75) is 18.6 Å². The summed E-state index contributed by atoms with van der Waals surface area (Å²) in [4.78, 5) is 13.6. The van der Waals surface area contributed by atoms with Crippen LogP contribution in [-0.4, -0.2) is 37.5 Å². The molecular formula is C21H17F6N3O3S. The number of carbonyl (C=O) groups excluding carboxylic acids is 1. The van der Waals surface area contributed by atoms with E-state index in [1.165, 1.54) is 6.07 Å². The van der Waals surface area contributed by atoms with E-state index >= 15 is 0 Å². The topological polar surface area (TPSA) is 71.4 Å². The van der Waals surface area contributed by atoms with E-state index in [2.05, 4.69) is 0 Å². The smallest absolute Gasteiger partial charge is 0.370 e. The number of sulfonamides is 1. The van der Waals surface area contributed by atoms with Gasteiger partial charge in [-0.25, -0.2) is 4.72 Å². The molecule has 2 aromatic carbocycles. The largest absolute Gasteiger partial charge is 0.516 e. The van der Waals surface area contributed by atoms with E-state index in [0.717, 1.165) is 16.9 Å². The first-order valence-corrected chi connectivity index (χ1v) is 11.3. The minimum atomic E-state index is -5.77. The van der Waals surface area contributed by atoms with Crippen LogP contribution in [0.3, 0.4) is 0 Å². The molecule has 1 amide bonds. The Morgan fingerprint density at radius 3 is 2.26 bits per heavy atom. The molecule has 34 heavy (non-hydrogen) atoms. The van der Waals surface area contributed by atoms with Crippen LogP contribution >= 0.6 is 0 Å². The maximum atomic E-state index is 13.1. The lowest BCUT2D eigenvalue weighted by Gasteiger charge is -2.40.